The number of sulfonamides is 1. The van der Waals surface area contributed by atoms with Crippen molar-refractivity contribution >= 4 is 39.3 Å². The summed E-state index contributed by atoms with van der Waals surface area (Å²) < 4.78 is 49.7. The molecule has 2 amide bonds. The van der Waals surface area contributed by atoms with Crippen LogP contribution in [-0.2, 0) is 26.0 Å². The maximum absolute atomic E-state index is 15.3. The Morgan fingerprint density at radius 2 is 1.80 bits per heavy atom. The van der Waals surface area contributed by atoms with Gasteiger partial charge >= 0.3 is 6.09 Å². The molecular formula is C32H39ClFN5O5S. The van der Waals surface area contributed by atoms with Crippen molar-refractivity contribution in [1.29, 1.82) is 0 Å². The van der Waals surface area contributed by atoms with Crippen molar-refractivity contribution in [2.45, 2.75) is 62.6 Å². The third kappa shape index (κ3) is 8.18. The van der Waals surface area contributed by atoms with Gasteiger partial charge in [-0.2, -0.15) is 4.31 Å². The lowest BCUT2D eigenvalue weighted by atomic mass is 9.83. The SMILES string of the molecule is CNC(=O)O[C@H](C(=O)Nc1cncc(F)c1CC[C@H]1CNC[C@H](C)N1S(=O)(=O)c1ccccc1)[C@@H](c1ccc(Cl)cc1)C(C)C. The van der Waals surface area contributed by atoms with Gasteiger partial charge in [0.25, 0.3) is 5.91 Å². The number of piperazine rings is 1. The molecule has 3 N–H and O–H groups in total. The van der Waals surface area contributed by atoms with E-state index in [4.69, 9.17) is 16.3 Å². The topological polar surface area (TPSA) is 130 Å². The highest BCUT2D eigenvalue weighted by molar-refractivity contribution is 7.89. The van der Waals surface area contributed by atoms with Gasteiger partial charge in [0.05, 0.1) is 23.0 Å². The molecule has 4 rings (SSSR count). The summed E-state index contributed by atoms with van der Waals surface area (Å²) in [7, 11) is -2.43. The summed E-state index contributed by atoms with van der Waals surface area (Å²) in [5.74, 6) is -2.02. The Morgan fingerprint density at radius 1 is 1.11 bits per heavy atom. The number of nitrogens with one attached hydrogen (secondary N) is 3. The van der Waals surface area contributed by atoms with Crippen LogP contribution in [0.25, 0.3) is 0 Å². The van der Waals surface area contributed by atoms with Crippen LogP contribution < -0.4 is 16.0 Å². The van der Waals surface area contributed by atoms with Gasteiger partial charge in [-0.1, -0.05) is 55.8 Å². The van der Waals surface area contributed by atoms with Crippen molar-refractivity contribution < 1.29 is 27.1 Å². The number of hydrogen-bond donors (Lipinski definition) is 3. The van der Waals surface area contributed by atoms with E-state index in [0.29, 0.717) is 18.1 Å². The quantitative estimate of drug-likeness (QED) is 0.265. The van der Waals surface area contributed by atoms with E-state index in [2.05, 4.69) is 20.9 Å². The van der Waals surface area contributed by atoms with E-state index in [9.17, 15) is 18.0 Å². The Balaban J connectivity index is 1.60. The molecule has 1 saturated heterocycles. The van der Waals surface area contributed by atoms with Gasteiger partial charge in [-0.15, -0.1) is 0 Å². The molecule has 0 bridgehead atoms. The molecule has 4 atom stereocenters. The molecule has 2 heterocycles. The average Bonchev–Trinajstić information content (AvgIpc) is 3.01. The fourth-order valence-electron chi connectivity index (χ4n) is 5.77. The lowest BCUT2D eigenvalue weighted by Crippen LogP contribution is -2.58. The summed E-state index contributed by atoms with van der Waals surface area (Å²) in [6, 6.07) is 14.3. The van der Waals surface area contributed by atoms with Gasteiger partial charge in [0.1, 0.15) is 5.82 Å². The van der Waals surface area contributed by atoms with Crippen LogP contribution in [0.1, 0.15) is 44.2 Å². The molecule has 242 valence electrons. The van der Waals surface area contributed by atoms with Crippen LogP contribution >= 0.6 is 11.6 Å². The minimum absolute atomic E-state index is 0.107. The number of ether oxygens (including phenoxy) is 1. The van der Waals surface area contributed by atoms with Crippen LogP contribution in [0.15, 0.2) is 71.9 Å². The Bertz CT molecular complexity index is 1580. The molecule has 0 saturated carbocycles. The van der Waals surface area contributed by atoms with E-state index >= 15 is 4.39 Å². The lowest BCUT2D eigenvalue weighted by Gasteiger charge is -2.40. The van der Waals surface area contributed by atoms with Crippen LogP contribution in [0.5, 0.6) is 0 Å². The number of aromatic nitrogens is 1. The Labute approximate surface area is 268 Å². The van der Waals surface area contributed by atoms with Crippen LogP contribution in [0, 0.1) is 11.7 Å². The summed E-state index contributed by atoms with van der Waals surface area (Å²) in [6.07, 6.45) is 0.678. The maximum Gasteiger partial charge on any atom is 0.407 e. The zero-order chi connectivity index (χ0) is 32.7. The molecule has 0 spiro atoms. The molecule has 1 aliphatic rings. The largest absolute Gasteiger partial charge is 0.435 e. The Morgan fingerprint density at radius 3 is 2.44 bits per heavy atom. The molecule has 1 aromatic heterocycles. The van der Waals surface area contributed by atoms with Crippen LogP contribution in [0.2, 0.25) is 5.02 Å². The van der Waals surface area contributed by atoms with Crippen molar-refractivity contribution in [2.24, 2.45) is 5.92 Å². The Kier molecular flexibility index (Phi) is 11.5. The smallest absolute Gasteiger partial charge is 0.407 e. The third-order valence-electron chi connectivity index (χ3n) is 7.92. The summed E-state index contributed by atoms with van der Waals surface area (Å²) in [4.78, 5) is 30.3. The van der Waals surface area contributed by atoms with E-state index in [-0.39, 0.29) is 40.9 Å². The third-order valence-corrected chi connectivity index (χ3v) is 10.3. The van der Waals surface area contributed by atoms with E-state index in [1.165, 1.54) is 17.5 Å². The summed E-state index contributed by atoms with van der Waals surface area (Å²) in [5.41, 5.74) is 1.01. The molecule has 2 aromatic carbocycles. The molecule has 13 heteroatoms. The van der Waals surface area contributed by atoms with Gasteiger partial charge in [-0.05, 0) is 55.5 Å². The number of alkyl carbamates (subject to hydrolysis) is 1. The molecular weight excluding hydrogens is 621 g/mol. The highest BCUT2D eigenvalue weighted by Crippen LogP contribution is 2.33. The molecule has 0 unspecified atom stereocenters. The van der Waals surface area contributed by atoms with Crippen LogP contribution in [-0.4, -0.2) is 68.0 Å². The van der Waals surface area contributed by atoms with Crippen molar-refractivity contribution in [1.82, 2.24) is 19.9 Å². The second-order valence-corrected chi connectivity index (χ2v) is 13.7. The lowest BCUT2D eigenvalue weighted by molar-refractivity contribution is -0.126. The number of carbonyl (C=O) groups excluding carboxylic acids is 2. The van der Waals surface area contributed by atoms with Crippen LogP contribution in [0.4, 0.5) is 14.9 Å². The molecule has 3 aromatic rings. The zero-order valence-corrected chi connectivity index (χ0v) is 27.2. The number of pyridine rings is 1. The fraction of sp³-hybridized carbons (Fsp3) is 0.406. The molecule has 45 heavy (non-hydrogen) atoms. The van der Waals surface area contributed by atoms with Gasteiger partial charge in [-0.3, -0.25) is 9.78 Å². The summed E-state index contributed by atoms with van der Waals surface area (Å²) in [5, 5.41) is 8.91. The monoisotopic (exact) mass is 659 g/mol. The second kappa shape index (κ2) is 15.1. The second-order valence-electron chi connectivity index (χ2n) is 11.4. The molecule has 1 fully saturated rings. The number of benzene rings is 2. The predicted octanol–water partition coefficient (Wildman–Crippen LogP) is 4.96. The molecule has 10 nitrogen and oxygen atoms in total. The first kappa shape index (κ1) is 34.3. The number of hydrogen-bond acceptors (Lipinski definition) is 7. The van der Waals surface area contributed by atoms with Gasteiger partial charge in [-0.25, -0.2) is 17.6 Å². The Hall–Kier alpha value is -3.58. The number of anilines is 1. The maximum atomic E-state index is 15.3. The summed E-state index contributed by atoms with van der Waals surface area (Å²) >= 11 is 6.09. The van der Waals surface area contributed by atoms with E-state index in [0.717, 1.165) is 11.8 Å². The first-order valence-electron chi connectivity index (χ1n) is 14.8. The summed E-state index contributed by atoms with van der Waals surface area (Å²) in [6.45, 7) is 6.48. The van der Waals surface area contributed by atoms with E-state index in [1.807, 2.05) is 20.8 Å². The number of rotatable bonds is 11. The molecule has 0 radical (unpaired) electrons. The number of nitrogens with zero attached hydrogens (tertiary/aromatic N) is 2. The standard InChI is InChI=1S/C32H39ClFN5O5S/c1-20(2)29(22-10-12-23(33)13-11-22)30(44-32(41)35-4)31(40)38-28-19-37-18-27(34)26(28)15-14-24-17-36-16-21(3)39(24)45(42,43)25-8-6-5-7-9-25/h5-13,18-21,24,29-30,36H,14-17H2,1-4H3,(H,35,41)(H,38,40)/t21-,24-,29+,30-/m0/s1. The van der Waals surface area contributed by atoms with Crippen LogP contribution in [0.3, 0.4) is 0 Å². The molecule has 0 aliphatic carbocycles. The normalized spacial score (nSPS) is 18.6. The predicted molar refractivity (Wildman–Crippen MR) is 171 cm³/mol. The van der Waals surface area contributed by atoms with Crippen molar-refractivity contribution in [3.8, 4) is 0 Å². The highest BCUT2D eigenvalue weighted by Gasteiger charge is 2.39. The highest BCUT2D eigenvalue weighted by atomic mass is 35.5. The fourth-order valence-corrected chi connectivity index (χ4v) is 7.76. The van der Waals surface area contributed by atoms with E-state index < -0.39 is 45.9 Å². The minimum atomic E-state index is -3.82. The minimum Gasteiger partial charge on any atom is -0.435 e. The number of carbonyl (C=O) groups is 2. The van der Waals surface area contributed by atoms with Gasteiger partial charge in [0, 0.05) is 48.7 Å². The first-order valence-corrected chi connectivity index (χ1v) is 16.6. The van der Waals surface area contributed by atoms with Gasteiger partial charge in [0.2, 0.25) is 10.0 Å². The van der Waals surface area contributed by atoms with Crippen molar-refractivity contribution in [3.05, 3.63) is 89.0 Å². The average molecular weight is 660 g/mol. The number of amides is 2. The van der Waals surface area contributed by atoms with Gasteiger partial charge in [0.15, 0.2) is 6.10 Å². The van der Waals surface area contributed by atoms with Crippen molar-refractivity contribution in [3.63, 3.8) is 0 Å². The zero-order valence-electron chi connectivity index (χ0n) is 25.7. The van der Waals surface area contributed by atoms with E-state index in [1.54, 1.807) is 54.6 Å². The van der Waals surface area contributed by atoms with Crippen molar-refractivity contribution in [2.75, 3.05) is 25.5 Å². The van der Waals surface area contributed by atoms with Gasteiger partial charge < -0.3 is 20.7 Å². The first-order chi connectivity index (χ1) is 21.4. The number of halogens is 2. The molecule has 1 aliphatic heterocycles.